The summed E-state index contributed by atoms with van der Waals surface area (Å²) in [6.45, 7) is 9.79. The molecule has 0 aliphatic carbocycles. The van der Waals surface area contributed by atoms with E-state index in [0.717, 1.165) is 12.0 Å². The molecule has 4 N–H and O–H groups in total. The van der Waals surface area contributed by atoms with E-state index in [4.69, 9.17) is 15.5 Å². The first kappa shape index (κ1) is 25.9. The third kappa shape index (κ3) is 8.73. The molecule has 1 aromatic carbocycles. The minimum atomic E-state index is -0.993. The first-order valence-electron chi connectivity index (χ1n) is 10.1. The fourth-order valence-electron chi connectivity index (χ4n) is 3.27. The number of hydrogen-bond donors (Lipinski definition) is 3. The minimum absolute atomic E-state index is 0.198. The maximum atomic E-state index is 12.2. The van der Waals surface area contributed by atoms with Crippen molar-refractivity contribution in [3.63, 3.8) is 0 Å². The van der Waals surface area contributed by atoms with E-state index in [-0.39, 0.29) is 12.1 Å². The second kappa shape index (κ2) is 11.9. The van der Waals surface area contributed by atoms with Gasteiger partial charge in [-0.3, -0.25) is 4.90 Å². The Kier molecular flexibility index (Phi) is 10.3. The van der Waals surface area contributed by atoms with Crippen LogP contribution in [-0.4, -0.2) is 59.2 Å². The maximum absolute atomic E-state index is 12.2. The minimum Gasteiger partial charge on any atom is -0.480 e. The van der Waals surface area contributed by atoms with E-state index in [9.17, 15) is 14.7 Å². The van der Waals surface area contributed by atoms with Crippen molar-refractivity contribution in [2.24, 2.45) is 11.7 Å². The van der Waals surface area contributed by atoms with E-state index in [1.54, 1.807) is 20.8 Å². The molecule has 0 saturated carbocycles. The number of hydrogen-bond acceptors (Lipinski definition) is 6. The van der Waals surface area contributed by atoms with Crippen LogP contribution in [0.2, 0.25) is 0 Å². The number of carboxylic acids is 1. The van der Waals surface area contributed by atoms with Crippen LogP contribution in [0.5, 0.6) is 0 Å². The van der Waals surface area contributed by atoms with Crippen molar-refractivity contribution in [3.05, 3.63) is 35.9 Å². The molecule has 2 rings (SSSR count). The number of nitrogens with two attached hydrogens (primary N) is 1. The Morgan fingerprint density at radius 1 is 1.27 bits per heavy atom. The van der Waals surface area contributed by atoms with Crippen LogP contribution in [0.4, 0.5) is 4.79 Å². The molecule has 1 heterocycles. The number of nitrogens with zero attached hydrogens (tertiary/aromatic N) is 1. The molecular weight excluding hydrogens is 387 g/mol. The van der Waals surface area contributed by atoms with Crippen LogP contribution in [0, 0.1) is 5.92 Å². The fraction of sp³-hybridized carbons (Fsp3) is 0.619. The summed E-state index contributed by atoms with van der Waals surface area (Å²) in [5.41, 5.74) is 5.68. The number of carbonyl (C=O) groups excluding carboxylic acids is 1. The first-order valence-corrected chi connectivity index (χ1v) is 10.1. The number of ether oxygens (including phenoxy) is 1. The predicted molar refractivity (Wildman–Crippen MR) is 115 cm³/mol. The summed E-state index contributed by atoms with van der Waals surface area (Å²) in [5.74, 6) is -0.691. The Bertz CT molecular complexity index is 665. The molecule has 1 saturated heterocycles. The average Bonchev–Trinajstić information content (AvgIpc) is 3.07. The zero-order valence-corrected chi connectivity index (χ0v) is 18.4. The maximum Gasteiger partial charge on any atom is 0.486 e. The topological polar surface area (TPSA) is 122 Å². The number of likely N-dealkylation sites (tertiary alicyclic amines) is 1. The number of carbonyl (C=O) groups is 2. The zero-order chi connectivity index (χ0) is 22.9. The van der Waals surface area contributed by atoms with Crippen molar-refractivity contribution < 1.29 is 29.1 Å². The molecule has 1 radical (unpaired) electrons. The van der Waals surface area contributed by atoms with Crippen molar-refractivity contribution in [2.75, 3.05) is 6.54 Å². The van der Waals surface area contributed by atoms with Crippen LogP contribution in [0.1, 0.15) is 58.9 Å². The lowest BCUT2D eigenvalue weighted by atomic mass is 9.92. The van der Waals surface area contributed by atoms with Crippen molar-refractivity contribution in [1.29, 1.82) is 0 Å². The quantitative estimate of drug-likeness (QED) is 0.477. The number of carboxylic acid groups (broad SMARTS) is 1. The molecule has 3 atom stereocenters. The Morgan fingerprint density at radius 2 is 1.87 bits per heavy atom. The van der Waals surface area contributed by atoms with E-state index in [1.165, 1.54) is 4.90 Å². The van der Waals surface area contributed by atoms with Crippen LogP contribution in [0.25, 0.3) is 0 Å². The summed E-state index contributed by atoms with van der Waals surface area (Å²) >= 11 is 0. The molecule has 0 unspecified atom stereocenters. The molecule has 1 amide bonds. The third-order valence-electron chi connectivity index (χ3n) is 4.45. The van der Waals surface area contributed by atoms with E-state index in [2.05, 4.69) is 4.65 Å². The lowest BCUT2D eigenvalue weighted by Crippen LogP contribution is -2.45. The summed E-state index contributed by atoms with van der Waals surface area (Å²) in [4.78, 5) is 25.1. The molecule has 0 spiro atoms. The highest BCUT2D eigenvalue weighted by atomic mass is 16.6. The third-order valence-corrected chi connectivity index (χ3v) is 4.45. The van der Waals surface area contributed by atoms with Crippen LogP contribution in [0.15, 0.2) is 30.3 Å². The van der Waals surface area contributed by atoms with Crippen LogP contribution < -0.4 is 5.73 Å². The SMILES string of the molecule is CC(C)(C)OC(=O)N1CC[C@@H](c2ccccc2)[C@H]1C(=O)O.CC(C)C[C@H](N)O[B]O. The van der Waals surface area contributed by atoms with E-state index in [1.807, 2.05) is 44.2 Å². The van der Waals surface area contributed by atoms with Gasteiger partial charge in [-0.25, -0.2) is 9.59 Å². The Morgan fingerprint density at radius 3 is 2.33 bits per heavy atom. The van der Waals surface area contributed by atoms with Crippen molar-refractivity contribution in [1.82, 2.24) is 4.90 Å². The Hall–Kier alpha value is -2.10. The largest absolute Gasteiger partial charge is 0.486 e. The highest BCUT2D eigenvalue weighted by Crippen LogP contribution is 2.34. The molecule has 1 aromatic rings. The second-order valence-electron chi connectivity index (χ2n) is 8.67. The van der Waals surface area contributed by atoms with Gasteiger partial charge < -0.3 is 25.3 Å². The average molecular weight is 421 g/mol. The molecule has 8 nitrogen and oxygen atoms in total. The molecule has 9 heteroatoms. The van der Waals surface area contributed by atoms with Gasteiger partial charge in [0, 0.05) is 12.5 Å². The van der Waals surface area contributed by atoms with Crippen molar-refractivity contribution >= 4 is 19.7 Å². The molecule has 1 fully saturated rings. The van der Waals surface area contributed by atoms with E-state index >= 15 is 0 Å². The smallest absolute Gasteiger partial charge is 0.480 e. The second-order valence-corrected chi connectivity index (χ2v) is 8.67. The predicted octanol–water partition coefficient (Wildman–Crippen LogP) is 2.72. The molecular formula is C21H34BN2O6. The zero-order valence-electron chi connectivity index (χ0n) is 18.4. The fourth-order valence-corrected chi connectivity index (χ4v) is 3.27. The van der Waals surface area contributed by atoms with Crippen molar-refractivity contribution in [2.45, 2.75) is 71.2 Å². The lowest BCUT2D eigenvalue weighted by molar-refractivity contribution is -0.142. The highest BCUT2D eigenvalue weighted by molar-refractivity contribution is 6.15. The van der Waals surface area contributed by atoms with Crippen LogP contribution >= 0.6 is 0 Å². The summed E-state index contributed by atoms with van der Waals surface area (Å²) in [6, 6.07) is 8.58. The lowest BCUT2D eigenvalue weighted by Gasteiger charge is -2.28. The molecule has 1 aliphatic rings. The first-order chi connectivity index (χ1) is 14.0. The van der Waals surface area contributed by atoms with E-state index < -0.39 is 23.7 Å². The summed E-state index contributed by atoms with van der Waals surface area (Å²) in [5, 5.41) is 17.6. The molecule has 167 valence electrons. The number of benzene rings is 1. The van der Waals surface area contributed by atoms with Crippen LogP contribution in [0.3, 0.4) is 0 Å². The molecule has 0 aromatic heterocycles. The van der Waals surface area contributed by atoms with Gasteiger partial charge in [0.2, 0.25) is 0 Å². The van der Waals surface area contributed by atoms with Gasteiger partial charge in [-0.1, -0.05) is 44.2 Å². The van der Waals surface area contributed by atoms with Crippen molar-refractivity contribution in [3.8, 4) is 0 Å². The number of amides is 1. The molecule has 1 aliphatic heterocycles. The van der Waals surface area contributed by atoms with Gasteiger partial charge in [-0.15, -0.1) is 0 Å². The Labute approximate surface area is 179 Å². The van der Waals surface area contributed by atoms with Gasteiger partial charge >= 0.3 is 19.7 Å². The van der Waals surface area contributed by atoms with Gasteiger partial charge in [0.1, 0.15) is 11.6 Å². The van der Waals surface area contributed by atoms with Gasteiger partial charge in [0.05, 0.1) is 6.23 Å². The number of rotatable bonds is 6. The molecule has 0 bridgehead atoms. The normalized spacial score (nSPS) is 19.7. The van der Waals surface area contributed by atoms with Gasteiger partial charge in [-0.05, 0) is 45.1 Å². The number of aliphatic carboxylic acids is 1. The van der Waals surface area contributed by atoms with Gasteiger partial charge in [0.15, 0.2) is 0 Å². The monoisotopic (exact) mass is 421 g/mol. The van der Waals surface area contributed by atoms with Crippen LogP contribution in [-0.2, 0) is 14.2 Å². The summed E-state index contributed by atoms with van der Waals surface area (Å²) in [7, 11) is 0.632. The van der Waals surface area contributed by atoms with E-state index in [0.29, 0.717) is 26.6 Å². The summed E-state index contributed by atoms with van der Waals surface area (Å²) < 4.78 is 9.87. The Balaban J connectivity index is 0.000000424. The highest BCUT2D eigenvalue weighted by Gasteiger charge is 2.44. The standard InChI is InChI=1S/C16H21NO4.C5H13BNO2/c1-16(2,3)21-15(20)17-10-9-12(13(17)14(18)19)11-7-5-4-6-8-11;1-4(2)3-5(7)9-6-8/h4-8,12-13H,9-10H2,1-3H3,(H,18,19);4-5,8H,3,7H2,1-2H3/t12-,13-;5-/m01/s1. The van der Waals surface area contributed by atoms with Gasteiger partial charge in [0.25, 0.3) is 0 Å². The summed E-state index contributed by atoms with van der Waals surface area (Å²) in [6.07, 6.45) is 0.459. The molecule has 30 heavy (non-hydrogen) atoms. The van der Waals surface area contributed by atoms with Gasteiger partial charge in [-0.2, -0.15) is 0 Å².